The second kappa shape index (κ2) is 5.85. The molecule has 1 aromatic heterocycles. The molecule has 0 bridgehead atoms. The second-order valence-electron chi connectivity index (χ2n) is 5.33. The molecule has 1 saturated heterocycles. The number of ether oxygens (including phenoxy) is 1. The number of rotatable bonds is 5. The van der Waals surface area contributed by atoms with Crippen molar-refractivity contribution in [2.75, 3.05) is 13.7 Å². The molecule has 0 aromatic carbocycles. The molecule has 1 N–H and O–H groups in total. The average molecular weight is 251 g/mol. The Bertz CT molecular complexity index is 375. The van der Waals surface area contributed by atoms with Gasteiger partial charge in [0.2, 0.25) is 0 Å². The molecule has 102 valence electrons. The van der Waals surface area contributed by atoms with Gasteiger partial charge in [0.1, 0.15) is 0 Å². The highest BCUT2D eigenvalue weighted by molar-refractivity contribution is 5.11. The molecule has 4 nitrogen and oxygen atoms in total. The van der Waals surface area contributed by atoms with Crippen molar-refractivity contribution >= 4 is 0 Å². The lowest BCUT2D eigenvalue weighted by Gasteiger charge is -2.28. The Morgan fingerprint density at radius 2 is 2.33 bits per heavy atom. The molecular formula is C14H25N3O. The summed E-state index contributed by atoms with van der Waals surface area (Å²) in [5.74, 6) is 0.550. The third-order valence-electron chi connectivity index (χ3n) is 3.91. The highest BCUT2D eigenvalue weighted by Crippen LogP contribution is 2.35. The van der Waals surface area contributed by atoms with Crippen LogP contribution in [-0.2, 0) is 4.74 Å². The first-order valence-electron chi connectivity index (χ1n) is 7.01. The Hall–Kier alpha value is -0.870. The topological polar surface area (TPSA) is 39.1 Å². The maximum absolute atomic E-state index is 5.83. The molecule has 0 amide bonds. The molecule has 3 unspecified atom stereocenters. The molecule has 0 aliphatic carbocycles. The molecule has 1 aromatic rings. The van der Waals surface area contributed by atoms with Crippen molar-refractivity contribution in [3.8, 4) is 0 Å². The summed E-state index contributed by atoms with van der Waals surface area (Å²) in [6.07, 6.45) is 4.49. The van der Waals surface area contributed by atoms with Gasteiger partial charge in [-0.25, -0.2) is 0 Å². The van der Waals surface area contributed by atoms with Crippen molar-refractivity contribution in [3.05, 3.63) is 18.0 Å². The van der Waals surface area contributed by atoms with E-state index in [9.17, 15) is 0 Å². The quantitative estimate of drug-likeness (QED) is 0.874. The predicted octanol–water partition coefficient (Wildman–Crippen LogP) is 2.54. The van der Waals surface area contributed by atoms with Gasteiger partial charge in [-0.05, 0) is 39.8 Å². The molecular weight excluding hydrogens is 226 g/mol. The van der Waals surface area contributed by atoms with E-state index >= 15 is 0 Å². The fraction of sp³-hybridized carbons (Fsp3) is 0.786. The summed E-state index contributed by atoms with van der Waals surface area (Å²) in [6, 6.07) is 2.86. The number of hydrogen-bond acceptors (Lipinski definition) is 3. The normalized spacial score (nSPS) is 25.8. The molecule has 2 heterocycles. The predicted molar refractivity (Wildman–Crippen MR) is 72.6 cm³/mol. The van der Waals surface area contributed by atoms with Crippen LogP contribution in [0.4, 0.5) is 0 Å². The Balaban J connectivity index is 2.24. The summed E-state index contributed by atoms with van der Waals surface area (Å²) in [5, 5.41) is 7.91. The Kier molecular flexibility index (Phi) is 4.40. The SMILES string of the molecule is CCC1OCCC1C(NC)c1ccnn1C(C)C. The van der Waals surface area contributed by atoms with E-state index in [0.717, 1.165) is 19.4 Å². The molecule has 2 rings (SSSR count). The largest absolute Gasteiger partial charge is 0.378 e. The number of aromatic nitrogens is 2. The lowest BCUT2D eigenvalue weighted by molar-refractivity contribution is 0.0771. The summed E-state index contributed by atoms with van der Waals surface area (Å²) in [5.41, 5.74) is 1.28. The minimum Gasteiger partial charge on any atom is -0.378 e. The molecule has 0 saturated carbocycles. The zero-order valence-electron chi connectivity index (χ0n) is 11.9. The molecule has 0 radical (unpaired) electrons. The smallest absolute Gasteiger partial charge is 0.0620 e. The van der Waals surface area contributed by atoms with Crippen molar-refractivity contribution in [1.82, 2.24) is 15.1 Å². The first-order valence-corrected chi connectivity index (χ1v) is 7.01. The first kappa shape index (κ1) is 13.6. The number of nitrogens with one attached hydrogen (secondary N) is 1. The maximum Gasteiger partial charge on any atom is 0.0620 e. The van der Waals surface area contributed by atoms with Crippen molar-refractivity contribution in [3.63, 3.8) is 0 Å². The Morgan fingerprint density at radius 1 is 1.56 bits per heavy atom. The van der Waals surface area contributed by atoms with Crippen molar-refractivity contribution < 1.29 is 4.74 Å². The van der Waals surface area contributed by atoms with Crippen molar-refractivity contribution in [2.45, 2.75) is 51.8 Å². The van der Waals surface area contributed by atoms with E-state index < -0.39 is 0 Å². The van der Waals surface area contributed by atoms with Gasteiger partial charge in [0.05, 0.1) is 17.8 Å². The van der Waals surface area contributed by atoms with Gasteiger partial charge < -0.3 is 10.1 Å². The van der Waals surface area contributed by atoms with Crippen LogP contribution in [0, 0.1) is 5.92 Å². The van der Waals surface area contributed by atoms with Gasteiger partial charge >= 0.3 is 0 Å². The Morgan fingerprint density at radius 3 is 2.94 bits per heavy atom. The lowest BCUT2D eigenvalue weighted by atomic mass is 9.89. The fourth-order valence-corrected chi connectivity index (χ4v) is 3.05. The van der Waals surface area contributed by atoms with Gasteiger partial charge in [0.25, 0.3) is 0 Å². The lowest BCUT2D eigenvalue weighted by Crippen LogP contribution is -2.32. The summed E-state index contributed by atoms with van der Waals surface area (Å²) in [4.78, 5) is 0. The van der Waals surface area contributed by atoms with Crippen LogP contribution in [0.5, 0.6) is 0 Å². The third-order valence-corrected chi connectivity index (χ3v) is 3.91. The molecule has 1 aliphatic heterocycles. The highest BCUT2D eigenvalue weighted by atomic mass is 16.5. The number of hydrogen-bond donors (Lipinski definition) is 1. The van der Waals surface area contributed by atoms with Gasteiger partial charge in [-0.3, -0.25) is 4.68 Å². The van der Waals surface area contributed by atoms with Crippen LogP contribution in [0.3, 0.4) is 0 Å². The molecule has 1 aliphatic rings. The molecule has 1 fully saturated rings. The van der Waals surface area contributed by atoms with Crippen LogP contribution in [0.2, 0.25) is 0 Å². The minimum atomic E-state index is 0.336. The van der Waals surface area contributed by atoms with E-state index in [-0.39, 0.29) is 0 Å². The van der Waals surface area contributed by atoms with Crippen LogP contribution in [-0.4, -0.2) is 29.5 Å². The van der Waals surface area contributed by atoms with E-state index in [2.05, 4.69) is 41.9 Å². The molecule has 3 atom stereocenters. The zero-order valence-corrected chi connectivity index (χ0v) is 11.9. The first-order chi connectivity index (χ1) is 8.69. The van der Waals surface area contributed by atoms with Crippen LogP contribution in [0.15, 0.2) is 12.3 Å². The van der Waals surface area contributed by atoms with E-state index in [1.54, 1.807) is 0 Å². The van der Waals surface area contributed by atoms with Crippen LogP contribution in [0.1, 0.15) is 51.4 Å². The summed E-state index contributed by atoms with van der Waals surface area (Å²) >= 11 is 0. The van der Waals surface area contributed by atoms with Crippen molar-refractivity contribution in [2.24, 2.45) is 5.92 Å². The average Bonchev–Trinajstić information content (AvgIpc) is 2.98. The second-order valence-corrected chi connectivity index (χ2v) is 5.33. The van der Waals surface area contributed by atoms with Crippen molar-refractivity contribution in [1.29, 1.82) is 0 Å². The zero-order chi connectivity index (χ0) is 13.1. The van der Waals surface area contributed by atoms with Gasteiger partial charge in [-0.2, -0.15) is 5.10 Å². The van der Waals surface area contributed by atoms with E-state index in [0.29, 0.717) is 24.1 Å². The summed E-state index contributed by atoms with van der Waals surface area (Å²) < 4.78 is 7.94. The maximum atomic E-state index is 5.83. The number of nitrogens with zero attached hydrogens (tertiary/aromatic N) is 2. The van der Waals surface area contributed by atoms with Gasteiger partial charge in [0, 0.05) is 24.8 Å². The monoisotopic (exact) mass is 251 g/mol. The highest BCUT2D eigenvalue weighted by Gasteiger charge is 2.35. The molecule has 4 heteroatoms. The summed E-state index contributed by atoms with van der Waals surface area (Å²) in [6.45, 7) is 7.43. The van der Waals surface area contributed by atoms with E-state index in [1.807, 2.05) is 13.2 Å². The van der Waals surface area contributed by atoms with Gasteiger partial charge in [0.15, 0.2) is 0 Å². The van der Waals surface area contributed by atoms with Gasteiger partial charge in [-0.15, -0.1) is 0 Å². The van der Waals surface area contributed by atoms with Crippen LogP contribution >= 0.6 is 0 Å². The van der Waals surface area contributed by atoms with E-state index in [1.165, 1.54) is 5.69 Å². The Labute approximate surface area is 110 Å². The molecule has 18 heavy (non-hydrogen) atoms. The van der Waals surface area contributed by atoms with E-state index in [4.69, 9.17) is 4.74 Å². The third kappa shape index (κ3) is 2.45. The van der Waals surface area contributed by atoms with Crippen LogP contribution in [0.25, 0.3) is 0 Å². The fourth-order valence-electron chi connectivity index (χ4n) is 3.05. The van der Waals surface area contributed by atoms with Gasteiger partial charge in [-0.1, -0.05) is 6.92 Å². The minimum absolute atomic E-state index is 0.336. The standard InChI is InChI=1S/C14H25N3O/c1-5-13-11(7-9-18-13)14(15-4)12-6-8-16-17(12)10(2)3/h6,8,10-11,13-15H,5,7,9H2,1-4H3. The van der Waals surface area contributed by atoms with Crippen LogP contribution < -0.4 is 5.32 Å². The molecule has 0 spiro atoms. The summed E-state index contributed by atoms with van der Waals surface area (Å²) in [7, 11) is 2.04.